The average Bonchev–Trinajstić information content (AvgIpc) is 2.54. The Morgan fingerprint density at radius 2 is 1.50 bits per heavy atom. The van der Waals surface area contributed by atoms with Crippen LogP contribution >= 0.6 is 0 Å². The Labute approximate surface area is 133 Å². The SMILES string of the molecule is CCCCCc1ccc(-c2ccc(C=CC(C)=O)cc2)cc1. The summed E-state index contributed by atoms with van der Waals surface area (Å²) in [5, 5.41) is 0. The van der Waals surface area contributed by atoms with Gasteiger partial charge in [0.1, 0.15) is 0 Å². The molecule has 0 amide bonds. The topological polar surface area (TPSA) is 17.1 Å². The van der Waals surface area contributed by atoms with E-state index in [0.29, 0.717) is 0 Å². The summed E-state index contributed by atoms with van der Waals surface area (Å²) in [7, 11) is 0. The molecule has 0 bridgehead atoms. The first-order chi connectivity index (χ1) is 10.7. The van der Waals surface area contributed by atoms with Crippen LogP contribution in [0.25, 0.3) is 17.2 Å². The number of benzene rings is 2. The Bertz CT molecular complexity index is 618. The summed E-state index contributed by atoms with van der Waals surface area (Å²) < 4.78 is 0. The Morgan fingerprint density at radius 1 is 0.909 bits per heavy atom. The molecule has 0 atom stereocenters. The van der Waals surface area contributed by atoms with Gasteiger partial charge in [-0.2, -0.15) is 0 Å². The van der Waals surface area contributed by atoms with Crippen molar-refractivity contribution in [3.63, 3.8) is 0 Å². The second-order valence-electron chi connectivity index (χ2n) is 5.72. The number of carbonyl (C=O) groups is 1. The normalized spacial score (nSPS) is 11.0. The summed E-state index contributed by atoms with van der Waals surface area (Å²) in [6, 6.07) is 17.2. The molecule has 1 nitrogen and oxygen atoms in total. The Balaban J connectivity index is 2.03. The van der Waals surface area contributed by atoms with Crippen molar-refractivity contribution in [2.45, 2.75) is 39.5 Å². The minimum atomic E-state index is 0.0720. The van der Waals surface area contributed by atoms with Crippen LogP contribution in [-0.2, 0) is 11.2 Å². The minimum Gasteiger partial charge on any atom is -0.295 e. The summed E-state index contributed by atoms with van der Waals surface area (Å²) >= 11 is 0. The Kier molecular flexibility index (Phi) is 6.14. The highest BCUT2D eigenvalue weighted by molar-refractivity contribution is 5.91. The summed E-state index contributed by atoms with van der Waals surface area (Å²) in [5.41, 5.74) is 4.91. The molecule has 1 heteroatoms. The maximum absolute atomic E-state index is 10.9. The van der Waals surface area contributed by atoms with Crippen LogP contribution < -0.4 is 0 Å². The van der Waals surface area contributed by atoms with E-state index in [9.17, 15) is 4.79 Å². The third-order valence-electron chi connectivity index (χ3n) is 3.78. The van der Waals surface area contributed by atoms with Crippen LogP contribution in [0.3, 0.4) is 0 Å². The number of allylic oxidation sites excluding steroid dienone is 1. The second kappa shape index (κ2) is 8.33. The van der Waals surface area contributed by atoms with Crippen LogP contribution in [0.15, 0.2) is 54.6 Å². The van der Waals surface area contributed by atoms with Gasteiger partial charge in [0.15, 0.2) is 5.78 Å². The smallest absolute Gasteiger partial charge is 0.152 e. The summed E-state index contributed by atoms with van der Waals surface area (Å²) in [6.45, 7) is 3.80. The lowest BCUT2D eigenvalue weighted by molar-refractivity contribution is -0.112. The molecule has 0 unspecified atom stereocenters. The van der Waals surface area contributed by atoms with Crippen molar-refractivity contribution in [2.24, 2.45) is 0 Å². The zero-order chi connectivity index (χ0) is 15.8. The van der Waals surface area contributed by atoms with Crippen molar-refractivity contribution in [1.82, 2.24) is 0 Å². The van der Waals surface area contributed by atoms with Crippen LogP contribution in [-0.4, -0.2) is 5.78 Å². The van der Waals surface area contributed by atoms with E-state index in [1.165, 1.54) is 42.4 Å². The van der Waals surface area contributed by atoms with Gasteiger partial charge in [0.25, 0.3) is 0 Å². The predicted molar refractivity (Wildman–Crippen MR) is 94.8 cm³/mol. The summed E-state index contributed by atoms with van der Waals surface area (Å²) in [5.74, 6) is 0.0720. The number of rotatable bonds is 7. The fourth-order valence-corrected chi connectivity index (χ4v) is 2.44. The second-order valence-corrected chi connectivity index (χ2v) is 5.72. The maximum Gasteiger partial charge on any atom is 0.152 e. The van der Waals surface area contributed by atoms with Gasteiger partial charge in [-0.3, -0.25) is 4.79 Å². The van der Waals surface area contributed by atoms with Gasteiger partial charge in [-0.15, -0.1) is 0 Å². The molecule has 2 rings (SSSR count). The lowest BCUT2D eigenvalue weighted by Crippen LogP contribution is -1.86. The van der Waals surface area contributed by atoms with Gasteiger partial charge in [0.05, 0.1) is 0 Å². The van der Waals surface area contributed by atoms with Crippen LogP contribution in [0, 0.1) is 0 Å². The maximum atomic E-state index is 10.9. The highest BCUT2D eigenvalue weighted by Crippen LogP contribution is 2.21. The van der Waals surface area contributed by atoms with E-state index < -0.39 is 0 Å². The number of aryl methyl sites for hydroxylation is 1. The monoisotopic (exact) mass is 292 g/mol. The standard InChI is InChI=1S/C21H24O/c1-3-4-5-6-18-9-13-20(14-10-18)21-15-11-19(12-16-21)8-7-17(2)22/h7-16H,3-6H2,1-2H3. The van der Waals surface area contributed by atoms with Gasteiger partial charge in [0, 0.05) is 0 Å². The van der Waals surface area contributed by atoms with Gasteiger partial charge < -0.3 is 0 Å². The highest BCUT2D eigenvalue weighted by Gasteiger charge is 1.99. The summed E-state index contributed by atoms with van der Waals surface area (Å²) in [6.07, 6.45) is 8.46. The molecule has 0 N–H and O–H groups in total. The molecule has 0 radical (unpaired) electrons. The molecule has 0 heterocycles. The van der Waals surface area contributed by atoms with E-state index in [1.807, 2.05) is 18.2 Å². The van der Waals surface area contributed by atoms with Crippen molar-refractivity contribution in [2.75, 3.05) is 0 Å². The molecule has 0 saturated carbocycles. The molecule has 2 aromatic rings. The largest absolute Gasteiger partial charge is 0.295 e. The first-order valence-electron chi connectivity index (χ1n) is 8.07. The Morgan fingerprint density at radius 3 is 2.05 bits per heavy atom. The molecule has 22 heavy (non-hydrogen) atoms. The number of ketones is 1. The number of unbranched alkanes of at least 4 members (excludes halogenated alkanes) is 2. The van der Waals surface area contributed by atoms with E-state index in [4.69, 9.17) is 0 Å². The molecule has 2 aromatic carbocycles. The molecular formula is C21H24O. The molecule has 0 fully saturated rings. The minimum absolute atomic E-state index is 0.0720. The molecule has 0 aromatic heterocycles. The zero-order valence-corrected chi connectivity index (χ0v) is 13.5. The van der Waals surface area contributed by atoms with E-state index in [0.717, 1.165) is 5.56 Å². The molecule has 0 aliphatic rings. The van der Waals surface area contributed by atoms with E-state index >= 15 is 0 Å². The van der Waals surface area contributed by atoms with Crippen molar-refractivity contribution in [3.05, 3.63) is 65.7 Å². The van der Waals surface area contributed by atoms with Gasteiger partial charge >= 0.3 is 0 Å². The quantitative estimate of drug-likeness (QED) is 0.473. The molecule has 0 aliphatic heterocycles. The average molecular weight is 292 g/mol. The number of hydrogen-bond acceptors (Lipinski definition) is 1. The molecular weight excluding hydrogens is 268 g/mol. The van der Waals surface area contributed by atoms with Crippen LogP contribution in [0.1, 0.15) is 44.2 Å². The molecule has 0 aliphatic carbocycles. The van der Waals surface area contributed by atoms with Crippen molar-refractivity contribution < 1.29 is 4.79 Å². The first kappa shape index (κ1) is 16.2. The van der Waals surface area contributed by atoms with Gasteiger partial charge in [-0.05, 0) is 48.1 Å². The zero-order valence-electron chi connectivity index (χ0n) is 13.5. The molecule has 0 spiro atoms. The third kappa shape index (κ3) is 5.00. The molecule has 0 saturated heterocycles. The van der Waals surface area contributed by atoms with Crippen molar-refractivity contribution in [1.29, 1.82) is 0 Å². The van der Waals surface area contributed by atoms with E-state index in [1.54, 1.807) is 13.0 Å². The van der Waals surface area contributed by atoms with Crippen LogP contribution in [0.2, 0.25) is 0 Å². The fourth-order valence-electron chi connectivity index (χ4n) is 2.44. The number of hydrogen-bond donors (Lipinski definition) is 0. The summed E-state index contributed by atoms with van der Waals surface area (Å²) in [4.78, 5) is 10.9. The van der Waals surface area contributed by atoms with Gasteiger partial charge in [0.2, 0.25) is 0 Å². The predicted octanol–water partition coefficient (Wildman–Crippen LogP) is 5.69. The lowest BCUT2D eigenvalue weighted by Gasteiger charge is -2.05. The van der Waals surface area contributed by atoms with Crippen LogP contribution in [0.4, 0.5) is 0 Å². The first-order valence-corrected chi connectivity index (χ1v) is 8.07. The lowest BCUT2D eigenvalue weighted by atomic mass is 10.0. The van der Waals surface area contributed by atoms with Gasteiger partial charge in [-0.25, -0.2) is 0 Å². The molecule has 114 valence electrons. The van der Waals surface area contributed by atoms with E-state index in [-0.39, 0.29) is 5.78 Å². The Hall–Kier alpha value is -2.15. The highest BCUT2D eigenvalue weighted by atomic mass is 16.1. The number of carbonyl (C=O) groups excluding carboxylic acids is 1. The van der Waals surface area contributed by atoms with Crippen molar-refractivity contribution in [3.8, 4) is 11.1 Å². The van der Waals surface area contributed by atoms with Crippen molar-refractivity contribution >= 4 is 11.9 Å². The van der Waals surface area contributed by atoms with Gasteiger partial charge in [-0.1, -0.05) is 74.4 Å². The van der Waals surface area contributed by atoms with E-state index in [2.05, 4.69) is 43.3 Å². The van der Waals surface area contributed by atoms with Crippen LogP contribution in [0.5, 0.6) is 0 Å². The fraction of sp³-hybridized carbons (Fsp3) is 0.286. The third-order valence-corrected chi connectivity index (χ3v) is 3.78.